The highest BCUT2D eigenvalue weighted by atomic mass is 16.7. The highest BCUT2D eigenvalue weighted by Crippen LogP contribution is 2.32. The molecule has 0 aliphatic carbocycles. The summed E-state index contributed by atoms with van der Waals surface area (Å²) in [6.45, 7) is 3.89. The molecule has 6 heteroatoms. The second-order valence-corrected chi connectivity index (χ2v) is 5.79. The van der Waals surface area contributed by atoms with Gasteiger partial charge in [-0.3, -0.25) is 9.59 Å². The van der Waals surface area contributed by atoms with Crippen LogP contribution in [0.4, 0.5) is 5.69 Å². The van der Waals surface area contributed by atoms with Crippen molar-refractivity contribution in [1.29, 1.82) is 0 Å². The Morgan fingerprint density at radius 1 is 1.08 bits per heavy atom. The van der Waals surface area contributed by atoms with Crippen molar-refractivity contribution in [2.75, 3.05) is 12.1 Å². The van der Waals surface area contributed by atoms with Crippen molar-refractivity contribution in [2.45, 2.75) is 26.3 Å². The number of nitrogens with one attached hydrogen (secondary N) is 2. The molecule has 25 heavy (non-hydrogen) atoms. The molecule has 1 heterocycles. The summed E-state index contributed by atoms with van der Waals surface area (Å²) in [5.74, 6) is 1.01. The van der Waals surface area contributed by atoms with Crippen molar-refractivity contribution >= 4 is 17.5 Å². The van der Waals surface area contributed by atoms with E-state index in [0.29, 0.717) is 23.5 Å². The number of hydrogen-bond acceptors (Lipinski definition) is 4. The van der Waals surface area contributed by atoms with E-state index >= 15 is 0 Å². The molecule has 0 spiro atoms. The summed E-state index contributed by atoms with van der Waals surface area (Å²) in [6, 6.07) is 12.4. The maximum absolute atomic E-state index is 12.4. The standard InChI is InChI=1S/C19H20N2O4/c1-3-18(22)21-15-7-4-13(5-8-15)12(2)20-19(23)14-6-9-16-17(10-14)25-11-24-16/h4-10,12H,3,11H2,1-2H3,(H,20,23)(H,21,22). The third-order valence-electron chi connectivity index (χ3n) is 4.00. The fraction of sp³-hybridized carbons (Fsp3) is 0.263. The van der Waals surface area contributed by atoms with Crippen LogP contribution in [0.3, 0.4) is 0 Å². The summed E-state index contributed by atoms with van der Waals surface area (Å²) in [4.78, 5) is 23.8. The van der Waals surface area contributed by atoms with Crippen LogP contribution in [0.2, 0.25) is 0 Å². The lowest BCUT2D eigenvalue weighted by molar-refractivity contribution is -0.115. The third-order valence-corrected chi connectivity index (χ3v) is 4.00. The van der Waals surface area contributed by atoms with Crippen LogP contribution >= 0.6 is 0 Å². The van der Waals surface area contributed by atoms with E-state index in [1.807, 2.05) is 31.2 Å². The fourth-order valence-electron chi connectivity index (χ4n) is 2.51. The number of ether oxygens (including phenoxy) is 2. The second kappa shape index (κ2) is 7.25. The molecule has 0 bridgehead atoms. The fourth-order valence-corrected chi connectivity index (χ4v) is 2.51. The zero-order valence-corrected chi connectivity index (χ0v) is 14.2. The molecule has 130 valence electrons. The first-order valence-electron chi connectivity index (χ1n) is 8.17. The minimum atomic E-state index is -0.186. The molecule has 1 aliphatic heterocycles. The Balaban J connectivity index is 1.64. The van der Waals surface area contributed by atoms with E-state index < -0.39 is 0 Å². The summed E-state index contributed by atoms with van der Waals surface area (Å²) in [6.07, 6.45) is 0.434. The first-order valence-corrected chi connectivity index (χ1v) is 8.17. The predicted molar refractivity (Wildman–Crippen MR) is 93.8 cm³/mol. The van der Waals surface area contributed by atoms with E-state index in [9.17, 15) is 9.59 Å². The van der Waals surface area contributed by atoms with E-state index in [1.165, 1.54) is 0 Å². The van der Waals surface area contributed by atoms with Crippen molar-refractivity contribution < 1.29 is 19.1 Å². The topological polar surface area (TPSA) is 76.7 Å². The van der Waals surface area contributed by atoms with Crippen LogP contribution in [-0.4, -0.2) is 18.6 Å². The Labute approximate surface area is 146 Å². The number of carbonyl (C=O) groups excluding carboxylic acids is 2. The molecule has 6 nitrogen and oxygen atoms in total. The molecular weight excluding hydrogens is 320 g/mol. The van der Waals surface area contributed by atoms with Crippen molar-refractivity contribution in [3.8, 4) is 11.5 Å². The van der Waals surface area contributed by atoms with Gasteiger partial charge >= 0.3 is 0 Å². The van der Waals surface area contributed by atoms with Crippen LogP contribution < -0.4 is 20.1 Å². The minimum Gasteiger partial charge on any atom is -0.454 e. The summed E-state index contributed by atoms with van der Waals surface area (Å²) >= 11 is 0. The van der Waals surface area contributed by atoms with Gasteiger partial charge in [-0.1, -0.05) is 19.1 Å². The lowest BCUT2D eigenvalue weighted by Gasteiger charge is -2.15. The Morgan fingerprint density at radius 3 is 2.52 bits per heavy atom. The average Bonchev–Trinajstić information content (AvgIpc) is 3.09. The normalized spacial score (nSPS) is 13.2. The van der Waals surface area contributed by atoms with E-state index in [0.717, 1.165) is 11.3 Å². The smallest absolute Gasteiger partial charge is 0.251 e. The number of hydrogen-bond donors (Lipinski definition) is 2. The van der Waals surface area contributed by atoms with Crippen LogP contribution in [0.25, 0.3) is 0 Å². The van der Waals surface area contributed by atoms with Gasteiger partial charge in [0, 0.05) is 17.7 Å². The second-order valence-electron chi connectivity index (χ2n) is 5.79. The first kappa shape index (κ1) is 16.8. The Kier molecular flexibility index (Phi) is 4.88. The lowest BCUT2D eigenvalue weighted by Crippen LogP contribution is -2.26. The van der Waals surface area contributed by atoms with E-state index in [1.54, 1.807) is 25.1 Å². The van der Waals surface area contributed by atoms with E-state index in [2.05, 4.69) is 10.6 Å². The Bertz CT molecular complexity index is 787. The van der Waals surface area contributed by atoms with Gasteiger partial charge in [-0.2, -0.15) is 0 Å². The number of amides is 2. The Hall–Kier alpha value is -3.02. The van der Waals surface area contributed by atoms with Crippen LogP contribution in [0.5, 0.6) is 11.5 Å². The van der Waals surface area contributed by atoms with Crippen molar-refractivity contribution in [2.24, 2.45) is 0 Å². The van der Waals surface area contributed by atoms with Crippen LogP contribution in [0, 0.1) is 0 Å². The molecular formula is C19H20N2O4. The molecule has 2 amide bonds. The number of benzene rings is 2. The zero-order chi connectivity index (χ0) is 17.8. The molecule has 2 aromatic rings. The predicted octanol–water partition coefficient (Wildman–Crippen LogP) is 3.25. The van der Waals surface area contributed by atoms with Gasteiger partial charge in [0.05, 0.1) is 6.04 Å². The van der Waals surface area contributed by atoms with Gasteiger partial charge in [0.1, 0.15) is 0 Å². The summed E-state index contributed by atoms with van der Waals surface area (Å²) < 4.78 is 10.5. The van der Waals surface area contributed by atoms with Gasteiger partial charge in [-0.15, -0.1) is 0 Å². The van der Waals surface area contributed by atoms with Gasteiger partial charge in [0.2, 0.25) is 12.7 Å². The van der Waals surface area contributed by atoms with Gasteiger partial charge in [0.15, 0.2) is 11.5 Å². The molecule has 0 radical (unpaired) electrons. The van der Waals surface area contributed by atoms with Gasteiger partial charge in [0.25, 0.3) is 5.91 Å². The van der Waals surface area contributed by atoms with Crippen LogP contribution in [-0.2, 0) is 4.79 Å². The summed E-state index contributed by atoms with van der Waals surface area (Å²) in [5.41, 5.74) is 2.21. The van der Waals surface area contributed by atoms with Gasteiger partial charge in [-0.05, 0) is 42.8 Å². The lowest BCUT2D eigenvalue weighted by atomic mass is 10.1. The average molecular weight is 340 g/mol. The van der Waals surface area contributed by atoms with Crippen molar-refractivity contribution in [1.82, 2.24) is 5.32 Å². The molecule has 1 aliphatic rings. The van der Waals surface area contributed by atoms with Crippen molar-refractivity contribution in [3.05, 3.63) is 53.6 Å². The molecule has 1 unspecified atom stereocenters. The monoisotopic (exact) mass is 340 g/mol. The van der Waals surface area contributed by atoms with E-state index in [-0.39, 0.29) is 24.6 Å². The number of carbonyl (C=O) groups is 2. The Morgan fingerprint density at radius 2 is 1.80 bits per heavy atom. The SMILES string of the molecule is CCC(=O)Nc1ccc(C(C)NC(=O)c2ccc3c(c2)OCO3)cc1. The highest BCUT2D eigenvalue weighted by molar-refractivity contribution is 5.95. The number of fused-ring (bicyclic) bond motifs is 1. The summed E-state index contributed by atoms with van der Waals surface area (Å²) in [5, 5.41) is 5.75. The number of rotatable bonds is 5. The quantitative estimate of drug-likeness (QED) is 0.876. The first-order chi connectivity index (χ1) is 12.1. The molecule has 1 atom stereocenters. The molecule has 2 aromatic carbocycles. The van der Waals surface area contributed by atoms with Crippen molar-refractivity contribution in [3.63, 3.8) is 0 Å². The van der Waals surface area contributed by atoms with Gasteiger partial charge < -0.3 is 20.1 Å². The molecule has 0 saturated heterocycles. The zero-order valence-electron chi connectivity index (χ0n) is 14.2. The molecule has 3 rings (SSSR count). The minimum absolute atomic E-state index is 0.0306. The molecule has 0 aromatic heterocycles. The maximum Gasteiger partial charge on any atom is 0.251 e. The van der Waals surface area contributed by atoms with Crippen LogP contribution in [0.15, 0.2) is 42.5 Å². The van der Waals surface area contributed by atoms with E-state index in [4.69, 9.17) is 9.47 Å². The van der Waals surface area contributed by atoms with Gasteiger partial charge in [-0.25, -0.2) is 0 Å². The third kappa shape index (κ3) is 3.91. The van der Waals surface area contributed by atoms with Crippen LogP contribution in [0.1, 0.15) is 42.2 Å². The summed E-state index contributed by atoms with van der Waals surface area (Å²) in [7, 11) is 0. The highest BCUT2D eigenvalue weighted by Gasteiger charge is 2.17. The molecule has 0 fully saturated rings. The molecule has 0 saturated carbocycles. The largest absolute Gasteiger partial charge is 0.454 e. The maximum atomic E-state index is 12.4. The number of anilines is 1. The molecule has 2 N–H and O–H groups in total.